The number of nitrogens with zero attached hydrogens (tertiary/aromatic N) is 1. The molecule has 0 radical (unpaired) electrons. The van der Waals surface area contributed by atoms with E-state index in [2.05, 4.69) is 28.9 Å². The summed E-state index contributed by atoms with van der Waals surface area (Å²) in [5.74, 6) is 0.0262. The molecule has 1 amide bonds. The molecule has 2 N–H and O–H groups in total. The highest BCUT2D eigenvalue weighted by molar-refractivity contribution is 7.89. The normalized spacial score (nSPS) is 12.4. The third kappa shape index (κ3) is 5.85. The molecule has 0 spiro atoms. The van der Waals surface area contributed by atoms with Crippen molar-refractivity contribution in [2.24, 2.45) is 0 Å². The second-order valence-corrected chi connectivity index (χ2v) is 10.4. The predicted octanol–water partition coefficient (Wildman–Crippen LogP) is 3.58. The number of carbonyl (C=O) groups excluding carboxylic acids is 1. The molecule has 0 atom stereocenters. The lowest BCUT2D eigenvalue weighted by Gasteiger charge is -2.20. The van der Waals surface area contributed by atoms with Crippen LogP contribution in [0.3, 0.4) is 0 Å². The molecule has 0 saturated carbocycles. The van der Waals surface area contributed by atoms with Crippen molar-refractivity contribution in [2.75, 3.05) is 0 Å². The number of hydrogen-bond acceptors (Lipinski definition) is 5. The van der Waals surface area contributed by atoms with Crippen LogP contribution in [0.2, 0.25) is 0 Å². The van der Waals surface area contributed by atoms with Gasteiger partial charge in [0, 0.05) is 22.4 Å². The number of thiazole rings is 1. The molecule has 2 aromatic rings. The Bertz CT molecular complexity index is 926. The Morgan fingerprint density at radius 3 is 2.48 bits per heavy atom. The second kappa shape index (κ2) is 8.08. The molecular weight excluding hydrogens is 382 g/mol. The third-order valence-corrected chi connectivity index (χ3v) is 6.65. The fourth-order valence-electron chi connectivity index (χ4n) is 2.41. The fraction of sp³-hybridized carbons (Fsp3) is 0.474. The van der Waals surface area contributed by atoms with Gasteiger partial charge in [-0.05, 0) is 45.4 Å². The van der Waals surface area contributed by atoms with Crippen LogP contribution in [0.1, 0.15) is 67.2 Å². The van der Waals surface area contributed by atoms with Gasteiger partial charge in [-0.2, -0.15) is 0 Å². The van der Waals surface area contributed by atoms with E-state index in [0.717, 1.165) is 10.7 Å². The Hall–Kier alpha value is -1.77. The zero-order valence-electron chi connectivity index (χ0n) is 16.6. The number of aryl methyl sites for hydroxylation is 1. The van der Waals surface area contributed by atoms with Crippen molar-refractivity contribution in [3.05, 3.63) is 45.4 Å². The molecule has 0 bridgehead atoms. The lowest BCUT2D eigenvalue weighted by atomic mass is 10.1. The highest BCUT2D eigenvalue weighted by atomic mass is 32.2. The predicted molar refractivity (Wildman–Crippen MR) is 109 cm³/mol. The summed E-state index contributed by atoms with van der Waals surface area (Å²) in [6, 6.07) is 4.57. The summed E-state index contributed by atoms with van der Waals surface area (Å²) in [4.78, 5) is 17.2. The third-order valence-electron chi connectivity index (χ3n) is 3.70. The Labute approximate surface area is 165 Å². The molecule has 0 unspecified atom stereocenters. The first-order valence-electron chi connectivity index (χ1n) is 8.76. The molecule has 0 aliphatic heterocycles. The summed E-state index contributed by atoms with van der Waals surface area (Å²) < 4.78 is 27.7. The van der Waals surface area contributed by atoms with Gasteiger partial charge >= 0.3 is 0 Å². The van der Waals surface area contributed by atoms with Crippen LogP contribution in [0.5, 0.6) is 0 Å². The summed E-state index contributed by atoms with van der Waals surface area (Å²) >= 11 is 1.57. The molecule has 27 heavy (non-hydrogen) atoms. The van der Waals surface area contributed by atoms with E-state index in [0.29, 0.717) is 23.6 Å². The minimum atomic E-state index is -3.70. The van der Waals surface area contributed by atoms with E-state index in [1.54, 1.807) is 45.1 Å². The van der Waals surface area contributed by atoms with Gasteiger partial charge in [-0.3, -0.25) is 4.79 Å². The number of aromatic nitrogens is 1. The van der Waals surface area contributed by atoms with Crippen LogP contribution >= 0.6 is 11.3 Å². The fourth-order valence-corrected chi connectivity index (χ4v) is 4.69. The Kier molecular flexibility index (Phi) is 6.44. The van der Waals surface area contributed by atoms with E-state index in [4.69, 9.17) is 0 Å². The van der Waals surface area contributed by atoms with E-state index < -0.39 is 15.6 Å². The number of benzene rings is 1. The van der Waals surface area contributed by atoms with E-state index in [1.807, 2.05) is 5.38 Å². The number of sulfonamides is 1. The minimum absolute atomic E-state index is 0.0731. The number of carbonyl (C=O) groups is 1. The Balaban J connectivity index is 2.18. The maximum absolute atomic E-state index is 12.6. The quantitative estimate of drug-likeness (QED) is 0.763. The van der Waals surface area contributed by atoms with Gasteiger partial charge in [0.05, 0.1) is 22.1 Å². The molecule has 0 aliphatic rings. The van der Waals surface area contributed by atoms with E-state index in [9.17, 15) is 13.2 Å². The van der Waals surface area contributed by atoms with Crippen LogP contribution in [0.4, 0.5) is 0 Å². The van der Waals surface area contributed by atoms with Gasteiger partial charge in [0.15, 0.2) is 0 Å². The van der Waals surface area contributed by atoms with Crippen molar-refractivity contribution in [1.82, 2.24) is 15.0 Å². The van der Waals surface area contributed by atoms with Crippen LogP contribution in [0.15, 0.2) is 28.5 Å². The maximum Gasteiger partial charge on any atom is 0.251 e. The van der Waals surface area contributed by atoms with Crippen molar-refractivity contribution in [3.8, 4) is 0 Å². The van der Waals surface area contributed by atoms with Crippen molar-refractivity contribution >= 4 is 27.3 Å². The molecule has 1 aromatic carbocycles. The second-order valence-electron chi connectivity index (χ2n) is 7.85. The zero-order valence-corrected chi connectivity index (χ0v) is 18.2. The van der Waals surface area contributed by atoms with Crippen LogP contribution in [0.25, 0.3) is 0 Å². The van der Waals surface area contributed by atoms with Gasteiger partial charge in [0.1, 0.15) is 0 Å². The number of nitrogens with one attached hydrogen (secondary N) is 2. The lowest BCUT2D eigenvalue weighted by Crippen LogP contribution is -2.40. The number of rotatable bonds is 6. The highest BCUT2D eigenvalue weighted by Crippen LogP contribution is 2.20. The van der Waals surface area contributed by atoms with Crippen molar-refractivity contribution < 1.29 is 13.2 Å². The SMILES string of the molecule is Cc1ccc(S(=O)(=O)NC(C)(C)C)cc1C(=O)NCc1csc(C(C)C)n1. The average molecular weight is 410 g/mol. The summed E-state index contributed by atoms with van der Waals surface area (Å²) in [6.45, 7) is 11.5. The Morgan fingerprint density at radius 1 is 1.26 bits per heavy atom. The molecule has 8 heteroatoms. The average Bonchev–Trinajstić information content (AvgIpc) is 2.99. The number of hydrogen-bond donors (Lipinski definition) is 2. The van der Waals surface area contributed by atoms with Crippen LogP contribution in [-0.4, -0.2) is 24.8 Å². The molecule has 1 aromatic heterocycles. The molecular formula is C19H27N3O3S2. The standard InChI is InChI=1S/C19H27N3O3S2/c1-12(2)18-21-14(11-26-18)10-20-17(23)16-9-15(8-7-13(16)3)27(24,25)22-19(4,5)6/h7-9,11-12,22H,10H2,1-6H3,(H,20,23). The zero-order chi connectivity index (χ0) is 20.4. The molecule has 0 aliphatic carbocycles. The molecule has 1 heterocycles. The van der Waals surface area contributed by atoms with Crippen LogP contribution < -0.4 is 10.0 Å². The molecule has 2 rings (SSSR count). The van der Waals surface area contributed by atoms with Crippen LogP contribution in [0, 0.1) is 6.92 Å². The molecule has 0 saturated heterocycles. The van der Waals surface area contributed by atoms with E-state index >= 15 is 0 Å². The van der Waals surface area contributed by atoms with Gasteiger partial charge in [-0.25, -0.2) is 18.1 Å². The van der Waals surface area contributed by atoms with Gasteiger partial charge in [-0.15, -0.1) is 11.3 Å². The first-order valence-corrected chi connectivity index (χ1v) is 11.1. The maximum atomic E-state index is 12.6. The summed E-state index contributed by atoms with van der Waals surface area (Å²) in [6.07, 6.45) is 0. The van der Waals surface area contributed by atoms with Gasteiger partial charge in [0.2, 0.25) is 10.0 Å². The monoisotopic (exact) mass is 409 g/mol. The highest BCUT2D eigenvalue weighted by Gasteiger charge is 2.23. The summed E-state index contributed by atoms with van der Waals surface area (Å²) in [5, 5.41) is 5.78. The first kappa shape index (κ1) is 21.5. The van der Waals surface area contributed by atoms with Gasteiger partial charge < -0.3 is 5.32 Å². The minimum Gasteiger partial charge on any atom is -0.346 e. The summed E-state index contributed by atoms with van der Waals surface area (Å²) in [7, 11) is -3.70. The summed E-state index contributed by atoms with van der Waals surface area (Å²) in [5.41, 5.74) is 1.24. The molecule has 148 valence electrons. The topological polar surface area (TPSA) is 88.2 Å². The van der Waals surface area contributed by atoms with Crippen molar-refractivity contribution in [2.45, 2.75) is 64.4 Å². The van der Waals surface area contributed by atoms with Crippen LogP contribution in [-0.2, 0) is 16.6 Å². The largest absolute Gasteiger partial charge is 0.346 e. The smallest absolute Gasteiger partial charge is 0.251 e. The first-order chi connectivity index (χ1) is 12.4. The van der Waals surface area contributed by atoms with E-state index in [1.165, 1.54) is 12.1 Å². The number of amides is 1. The van der Waals surface area contributed by atoms with Gasteiger partial charge in [0.25, 0.3) is 5.91 Å². The van der Waals surface area contributed by atoms with E-state index in [-0.39, 0.29) is 10.8 Å². The van der Waals surface area contributed by atoms with Crippen molar-refractivity contribution in [3.63, 3.8) is 0 Å². The van der Waals surface area contributed by atoms with Crippen molar-refractivity contribution in [1.29, 1.82) is 0 Å². The lowest BCUT2D eigenvalue weighted by molar-refractivity contribution is 0.0949. The van der Waals surface area contributed by atoms with Gasteiger partial charge in [-0.1, -0.05) is 19.9 Å². The Morgan fingerprint density at radius 2 is 1.93 bits per heavy atom. The molecule has 6 nitrogen and oxygen atoms in total. The molecule has 0 fully saturated rings.